The van der Waals surface area contributed by atoms with E-state index < -0.39 is 5.97 Å². The van der Waals surface area contributed by atoms with E-state index in [0.717, 1.165) is 12.0 Å². The lowest BCUT2D eigenvalue weighted by atomic mass is 10.1. The molecule has 82 valence electrons. The zero-order chi connectivity index (χ0) is 11.3. The lowest BCUT2D eigenvalue weighted by Gasteiger charge is -2.10. The zero-order valence-corrected chi connectivity index (χ0v) is 8.82. The SMILES string of the molecule is CCc1ccc(OC)c(OCC(=O)O)c1. The molecule has 0 atom stereocenters. The number of methoxy groups -OCH3 is 1. The number of benzene rings is 1. The van der Waals surface area contributed by atoms with E-state index in [2.05, 4.69) is 0 Å². The van der Waals surface area contributed by atoms with E-state index in [9.17, 15) is 4.79 Å². The van der Waals surface area contributed by atoms with E-state index in [1.54, 1.807) is 12.1 Å². The molecule has 1 N–H and O–H groups in total. The quantitative estimate of drug-likeness (QED) is 0.804. The fourth-order valence-corrected chi connectivity index (χ4v) is 1.19. The van der Waals surface area contributed by atoms with E-state index >= 15 is 0 Å². The summed E-state index contributed by atoms with van der Waals surface area (Å²) in [5.41, 5.74) is 1.08. The molecule has 0 saturated carbocycles. The van der Waals surface area contributed by atoms with Gasteiger partial charge in [-0.1, -0.05) is 13.0 Å². The van der Waals surface area contributed by atoms with Crippen molar-refractivity contribution in [2.24, 2.45) is 0 Å². The number of aliphatic carboxylic acids is 1. The average Bonchev–Trinajstić information content (AvgIpc) is 2.25. The number of carbonyl (C=O) groups is 1. The molecule has 0 amide bonds. The molecule has 0 aliphatic rings. The number of carboxylic acid groups (broad SMARTS) is 1. The number of rotatable bonds is 5. The third kappa shape index (κ3) is 3.16. The molecule has 15 heavy (non-hydrogen) atoms. The predicted octanol–water partition coefficient (Wildman–Crippen LogP) is 1.72. The Morgan fingerprint density at radius 3 is 2.67 bits per heavy atom. The molecule has 0 fully saturated rings. The molecule has 0 heterocycles. The number of aryl methyl sites for hydroxylation is 1. The van der Waals surface area contributed by atoms with Crippen LogP contribution in [0.5, 0.6) is 11.5 Å². The van der Waals surface area contributed by atoms with Crippen LogP contribution in [0.3, 0.4) is 0 Å². The third-order valence-corrected chi connectivity index (χ3v) is 1.99. The van der Waals surface area contributed by atoms with Crippen molar-refractivity contribution in [2.45, 2.75) is 13.3 Å². The minimum Gasteiger partial charge on any atom is -0.493 e. The Balaban J connectivity index is 2.85. The summed E-state index contributed by atoms with van der Waals surface area (Å²) in [4.78, 5) is 10.4. The molecule has 0 unspecified atom stereocenters. The van der Waals surface area contributed by atoms with E-state index in [4.69, 9.17) is 14.6 Å². The molecule has 0 spiro atoms. The van der Waals surface area contributed by atoms with Gasteiger partial charge in [0.2, 0.25) is 0 Å². The smallest absolute Gasteiger partial charge is 0.341 e. The van der Waals surface area contributed by atoms with Gasteiger partial charge in [0, 0.05) is 0 Å². The first-order valence-corrected chi connectivity index (χ1v) is 4.69. The standard InChI is InChI=1S/C11H14O4/c1-3-8-4-5-9(14-2)10(6-8)15-7-11(12)13/h4-6H,3,7H2,1-2H3,(H,12,13). The Hall–Kier alpha value is -1.71. The molecule has 0 aromatic heterocycles. The van der Waals surface area contributed by atoms with Gasteiger partial charge in [-0.2, -0.15) is 0 Å². The summed E-state index contributed by atoms with van der Waals surface area (Å²) in [5, 5.41) is 8.50. The van der Waals surface area contributed by atoms with Gasteiger partial charge >= 0.3 is 5.97 Å². The Bertz CT molecular complexity index is 346. The second-order valence-electron chi connectivity index (χ2n) is 3.02. The van der Waals surface area contributed by atoms with Crippen molar-refractivity contribution >= 4 is 5.97 Å². The summed E-state index contributed by atoms with van der Waals surface area (Å²) < 4.78 is 10.2. The van der Waals surface area contributed by atoms with Crippen molar-refractivity contribution in [3.05, 3.63) is 23.8 Å². The first kappa shape index (κ1) is 11.4. The second-order valence-corrected chi connectivity index (χ2v) is 3.02. The molecular formula is C11H14O4. The van der Waals surface area contributed by atoms with Gasteiger partial charge in [-0.05, 0) is 24.1 Å². The zero-order valence-electron chi connectivity index (χ0n) is 8.82. The summed E-state index contributed by atoms with van der Waals surface area (Å²) in [5.74, 6) is 0.0201. The van der Waals surface area contributed by atoms with E-state index in [1.807, 2.05) is 13.0 Å². The highest BCUT2D eigenvalue weighted by atomic mass is 16.5. The molecular weight excluding hydrogens is 196 g/mol. The van der Waals surface area contributed by atoms with Crippen LogP contribution in [0.1, 0.15) is 12.5 Å². The van der Waals surface area contributed by atoms with Gasteiger partial charge < -0.3 is 14.6 Å². The van der Waals surface area contributed by atoms with Gasteiger partial charge in [-0.3, -0.25) is 0 Å². The van der Waals surface area contributed by atoms with Crippen LogP contribution in [0, 0.1) is 0 Å². The molecule has 0 bridgehead atoms. The molecule has 1 rings (SSSR count). The lowest BCUT2D eigenvalue weighted by Crippen LogP contribution is -2.10. The highest BCUT2D eigenvalue weighted by molar-refractivity contribution is 5.68. The number of hydrogen-bond donors (Lipinski definition) is 1. The molecule has 1 aromatic rings. The van der Waals surface area contributed by atoms with Crippen LogP contribution in [0.25, 0.3) is 0 Å². The van der Waals surface area contributed by atoms with Gasteiger partial charge in [0.05, 0.1) is 7.11 Å². The van der Waals surface area contributed by atoms with Crippen molar-refractivity contribution in [2.75, 3.05) is 13.7 Å². The maximum Gasteiger partial charge on any atom is 0.341 e. The van der Waals surface area contributed by atoms with Gasteiger partial charge in [-0.15, -0.1) is 0 Å². The normalized spacial score (nSPS) is 9.73. The number of carboxylic acids is 1. The number of ether oxygens (including phenoxy) is 2. The molecule has 0 saturated heterocycles. The van der Waals surface area contributed by atoms with Crippen LogP contribution >= 0.6 is 0 Å². The van der Waals surface area contributed by atoms with Crippen LogP contribution in [0.4, 0.5) is 0 Å². The minimum absolute atomic E-state index is 0.358. The van der Waals surface area contributed by atoms with Crippen molar-refractivity contribution in [1.82, 2.24) is 0 Å². The summed E-state index contributed by atoms with van der Waals surface area (Å²) in [6.07, 6.45) is 0.868. The van der Waals surface area contributed by atoms with Crippen LogP contribution < -0.4 is 9.47 Å². The van der Waals surface area contributed by atoms with Crippen LogP contribution in [0.15, 0.2) is 18.2 Å². The molecule has 1 aromatic carbocycles. The lowest BCUT2D eigenvalue weighted by molar-refractivity contribution is -0.139. The first-order valence-electron chi connectivity index (χ1n) is 4.69. The van der Waals surface area contributed by atoms with Crippen molar-refractivity contribution in [1.29, 1.82) is 0 Å². The summed E-state index contributed by atoms with van der Waals surface area (Å²) in [6, 6.07) is 5.49. The van der Waals surface area contributed by atoms with Crippen molar-refractivity contribution in [3.8, 4) is 11.5 Å². The molecule has 0 aliphatic carbocycles. The second kappa shape index (κ2) is 5.24. The van der Waals surface area contributed by atoms with E-state index in [1.165, 1.54) is 7.11 Å². The van der Waals surface area contributed by atoms with Gasteiger partial charge in [0.15, 0.2) is 18.1 Å². The van der Waals surface area contributed by atoms with Crippen LogP contribution in [-0.2, 0) is 11.2 Å². The predicted molar refractivity (Wildman–Crippen MR) is 55.5 cm³/mol. The van der Waals surface area contributed by atoms with E-state index in [0.29, 0.717) is 11.5 Å². The Morgan fingerprint density at radius 2 is 2.13 bits per heavy atom. The minimum atomic E-state index is -1.00. The highest BCUT2D eigenvalue weighted by Gasteiger charge is 2.06. The van der Waals surface area contributed by atoms with Gasteiger partial charge in [0.1, 0.15) is 0 Å². The molecule has 4 nitrogen and oxygen atoms in total. The molecule has 0 aliphatic heterocycles. The van der Waals surface area contributed by atoms with Crippen molar-refractivity contribution < 1.29 is 19.4 Å². The van der Waals surface area contributed by atoms with Crippen LogP contribution in [-0.4, -0.2) is 24.8 Å². The Morgan fingerprint density at radius 1 is 1.40 bits per heavy atom. The highest BCUT2D eigenvalue weighted by Crippen LogP contribution is 2.28. The van der Waals surface area contributed by atoms with Crippen molar-refractivity contribution in [3.63, 3.8) is 0 Å². The number of hydrogen-bond acceptors (Lipinski definition) is 3. The maximum absolute atomic E-state index is 10.4. The van der Waals surface area contributed by atoms with Crippen LogP contribution in [0.2, 0.25) is 0 Å². The average molecular weight is 210 g/mol. The van der Waals surface area contributed by atoms with E-state index in [-0.39, 0.29) is 6.61 Å². The third-order valence-electron chi connectivity index (χ3n) is 1.99. The fraction of sp³-hybridized carbons (Fsp3) is 0.364. The van der Waals surface area contributed by atoms with Gasteiger partial charge in [0.25, 0.3) is 0 Å². The van der Waals surface area contributed by atoms with Gasteiger partial charge in [-0.25, -0.2) is 4.79 Å². The fourth-order valence-electron chi connectivity index (χ4n) is 1.19. The Labute approximate surface area is 88.4 Å². The summed E-state index contributed by atoms with van der Waals surface area (Å²) >= 11 is 0. The molecule has 0 radical (unpaired) electrons. The first-order chi connectivity index (χ1) is 7.17. The largest absolute Gasteiger partial charge is 0.493 e. The maximum atomic E-state index is 10.4. The molecule has 4 heteroatoms. The summed E-state index contributed by atoms with van der Waals surface area (Å²) in [6.45, 7) is 1.66. The topological polar surface area (TPSA) is 55.8 Å². The monoisotopic (exact) mass is 210 g/mol. The Kier molecular flexibility index (Phi) is 3.97. The summed E-state index contributed by atoms with van der Waals surface area (Å²) in [7, 11) is 1.52.